The normalized spacial score (nSPS) is 7.20. The van der Waals surface area contributed by atoms with Crippen molar-refractivity contribution in [2.24, 2.45) is 5.92 Å². The molecule has 0 nitrogen and oxygen atoms in total. The van der Waals surface area contributed by atoms with Crippen LogP contribution >= 0.6 is 0 Å². The fourth-order valence-corrected chi connectivity index (χ4v) is 0. The van der Waals surface area contributed by atoms with Gasteiger partial charge in [-0.15, -0.1) is 0 Å². The van der Waals surface area contributed by atoms with E-state index in [4.69, 9.17) is 0 Å². The van der Waals surface area contributed by atoms with E-state index >= 15 is 0 Å². The second kappa shape index (κ2) is 4.49. The summed E-state index contributed by atoms with van der Waals surface area (Å²) in [6.45, 7) is 6.50. The van der Waals surface area contributed by atoms with E-state index in [1.165, 1.54) is 0 Å². The van der Waals surface area contributed by atoms with Crippen LogP contribution in [0.5, 0.6) is 0 Å². The molecule has 0 aliphatic heterocycles. The molecule has 0 saturated heterocycles. The van der Waals surface area contributed by atoms with E-state index < -0.39 is 0 Å². The summed E-state index contributed by atoms with van der Waals surface area (Å²) >= 11 is 0. The third kappa shape index (κ3) is 115. The van der Waals surface area contributed by atoms with Gasteiger partial charge in [-0.1, -0.05) is 20.8 Å². The van der Waals surface area contributed by atoms with Crippen LogP contribution in [-0.4, -0.2) is 0 Å². The van der Waals surface area contributed by atoms with Crippen molar-refractivity contribution in [2.45, 2.75) is 20.8 Å². The maximum atomic E-state index is 2.17. The molecule has 0 unspecified atom stereocenters. The summed E-state index contributed by atoms with van der Waals surface area (Å²) < 4.78 is 0. The van der Waals surface area contributed by atoms with E-state index in [1.807, 2.05) is 0 Å². The molecule has 0 bridgehead atoms. The zero-order chi connectivity index (χ0) is 3.58. The van der Waals surface area contributed by atoms with E-state index in [0.29, 0.717) is 0 Å². The summed E-state index contributed by atoms with van der Waals surface area (Å²) in [7, 11) is 0. The molecule has 0 spiro atoms. The number of rotatable bonds is 0. The summed E-state index contributed by atoms with van der Waals surface area (Å²) in [6, 6.07) is 0. The van der Waals surface area contributed by atoms with Crippen molar-refractivity contribution in [3.8, 4) is 0 Å². The van der Waals surface area contributed by atoms with E-state index in [-0.39, 0.29) is 16.5 Å². The van der Waals surface area contributed by atoms with Crippen LogP contribution in [0, 0.1) is 5.92 Å². The Labute approximate surface area is 43.9 Å². The molecule has 0 saturated carbocycles. The summed E-state index contributed by atoms with van der Waals surface area (Å²) in [4.78, 5) is 0. The Kier molecular flexibility index (Phi) is 8.17. The van der Waals surface area contributed by atoms with E-state index in [0.717, 1.165) is 5.92 Å². The van der Waals surface area contributed by atoms with Gasteiger partial charge in [0, 0.05) is 0 Å². The van der Waals surface area contributed by atoms with Gasteiger partial charge >= 0.3 is 16.5 Å². The van der Waals surface area contributed by atoms with Crippen LogP contribution in [0.1, 0.15) is 20.8 Å². The molecule has 0 heterocycles. The van der Waals surface area contributed by atoms with Crippen LogP contribution in [0.15, 0.2) is 0 Å². The maximum Gasteiger partial charge on any atom is 2.00 e. The van der Waals surface area contributed by atoms with Crippen LogP contribution in [0.4, 0.5) is 0 Å². The number of hydrogen-bond donors (Lipinski definition) is 0. The standard InChI is InChI=1S/C4H10.Ni/c1-4(2)3;/h4H,1-3H3;/q;+2. The molecule has 0 aromatic heterocycles. The van der Waals surface area contributed by atoms with Crippen LogP contribution in [0.3, 0.4) is 0 Å². The summed E-state index contributed by atoms with van der Waals surface area (Å²) in [6.07, 6.45) is 0. The minimum Gasteiger partial charge on any atom is -0.0630 e. The van der Waals surface area contributed by atoms with Gasteiger partial charge in [0.2, 0.25) is 0 Å². The molecule has 0 rings (SSSR count). The van der Waals surface area contributed by atoms with E-state index in [9.17, 15) is 0 Å². The van der Waals surface area contributed by atoms with Crippen LogP contribution < -0.4 is 0 Å². The molecule has 1 heteroatoms. The maximum absolute atomic E-state index is 2.17. The first kappa shape index (κ1) is 9.09. The Balaban J connectivity index is 0. The SMILES string of the molecule is CC(C)C.[Ni+2]. The second-order valence-electron chi connectivity index (χ2n) is 1.73. The van der Waals surface area contributed by atoms with Gasteiger partial charge in [0.15, 0.2) is 0 Å². The predicted molar refractivity (Wildman–Crippen MR) is 20.5 cm³/mol. The molecule has 0 radical (unpaired) electrons. The van der Waals surface area contributed by atoms with Crippen LogP contribution in [0.25, 0.3) is 0 Å². The van der Waals surface area contributed by atoms with Crippen LogP contribution in [0.2, 0.25) is 0 Å². The van der Waals surface area contributed by atoms with Crippen molar-refractivity contribution in [1.82, 2.24) is 0 Å². The third-order valence-corrected chi connectivity index (χ3v) is 0. The smallest absolute Gasteiger partial charge is 0.0630 e. The first-order valence-electron chi connectivity index (χ1n) is 1.73. The quantitative estimate of drug-likeness (QED) is 0.423. The van der Waals surface area contributed by atoms with Crippen LogP contribution in [-0.2, 0) is 16.5 Å². The second-order valence-corrected chi connectivity index (χ2v) is 1.73. The van der Waals surface area contributed by atoms with Gasteiger partial charge in [-0.25, -0.2) is 0 Å². The zero-order valence-corrected chi connectivity index (χ0v) is 4.88. The van der Waals surface area contributed by atoms with Gasteiger partial charge in [-0.05, 0) is 5.92 Å². The monoisotopic (exact) mass is 116 g/mol. The van der Waals surface area contributed by atoms with Gasteiger partial charge in [-0.2, -0.15) is 0 Å². The first-order valence-corrected chi connectivity index (χ1v) is 1.73. The minimum absolute atomic E-state index is 0. The van der Waals surface area contributed by atoms with Gasteiger partial charge in [-0.3, -0.25) is 0 Å². The van der Waals surface area contributed by atoms with Crippen molar-refractivity contribution >= 4 is 0 Å². The van der Waals surface area contributed by atoms with Gasteiger partial charge < -0.3 is 0 Å². The van der Waals surface area contributed by atoms with Crippen molar-refractivity contribution in [3.63, 3.8) is 0 Å². The molecular weight excluding hydrogens is 107 g/mol. The summed E-state index contributed by atoms with van der Waals surface area (Å²) in [5.41, 5.74) is 0. The topological polar surface area (TPSA) is 0 Å². The largest absolute Gasteiger partial charge is 2.00 e. The molecule has 0 aliphatic rings. The average molecular weight is 117 g/mol. The molecule has 34 valence electrons. The Morgan fingerprint density at radius 2 is 1.00 bits per heavy atom. The van der Waals surface area contributed by atoms with E-state index in [2.05, 4.69) is 20.8 Å². The molecule has 0 aliphatic carbocycles. The number of hydrogen-bond acceptors (Lipinski definition) is 0. The van der Waals surface area contributed by atoms with Crippen molar-refractivity contribution in [3.05, 3.63) is 0 Å². The fourth-order valence-electron chi connectivity index (χ4n) is 0. The first-order chi connectivity index (χ1) is 1.73. The Morgan fingerprint density at radius 1 is 1.00 bits per heavy atom. The molecule has 5 heavy (non-hydrogen) atoms. The zero-order valence-electron chi connectivity index (χ0n) is 3.89. The van der Waals surface area contributed by atoms with Gasteiger partial charge in [0.25, 0.3) is 0 Å². The van der Waals surface area contributed by atoms with Crippen molar-refractivity contribution < 1.29 is 16.5 Å². The molecular formula is C4H10Ni+2. The van der Waals surface area contributed by atoms with Gasteiger partial charge in [0.05, 0.1) is 0 Å². The average Bonchev–Trinajstić information content (AvgIpc) is 0.811. The summed E-state index contributed by atoms with van der Waals surface area (Å²) in [5.74, 6) is 0.833. The molecule has 0 aromatic rings. The van der Waals surface area contributed by atoms with Gasteiger partial charge in [0.1, 0.15) is 0 Å². The van der Waals surface area contributed by atoms with Crippen molar-refractivity contribution in [1.29, 1.82) is 0 Å². The Morgan fingerprint density at radius 3 is 1.00 bits per heavy atom. The van der Waals surface area contributed by atoms with E-state index in [1.54, 1.807) is 0 Å². The third-order valence-electron chi connectivity index (χ3n) is 0. The Hall–Kier alpha value is 0.494. The molecule has 0 aromatic carbocycles. The molecule has 0 amide bonds. The fraction of sp³-hybridized carbons (Fsp3) is 1.00. The molecule has 0 fully saturated rings. The van der Waals surface area contributed by atoms with Crippen molar-refractivity contribution in [2.75, 3.05) is 0 Å². The summed E-state index contributed by atoms with van der Waals surface area (Å²) in [5, 5.41) is 0. The Bertz CT molecular complexity index is 8.36. The predicted octanol–water partition coefficient (Wildman–Crippen LogP) is 1.66. The molecule has 0 N–H and O–H groups in total. The minimum atomic E-state index is 0. The molecule has 0 atom stereocenters.